The molecule has 5 heteroatoms. The Morgan fingerprint density at radius 1 is 0.538 bits per heavy atom. The average molecular weight is 369 g/mol. The summed E-state index contributed by atoms with van der Waals surface area (Å²) in [4.78, 5) is 40.9. The van der Waals surface area contributed by atoms with Crippen LogP contribution in [-0.4, -0.2) is 53.6 Å². The minimum absolute atomic E-state index is 0.163. The van der Waals surface area contributed by atoms with Gasteiger partial charge in [0, 0.05) is 26.2 Å². The van der Waals surface area contributed by atoms with Crippen molar-refractivity contribution >= 4 is 17.6 Å². The van der Waals surface area contributed by atoms with Crippen LogP contribution in [0.1, 0.15) is 68.2 Å². The Morgan fingerprint density at radius 3 is 0.962 bits per heavy atom. The Hall–Kier alpha value is -1.39. The minimum atomic E-state index is -0.282. The lowest BCUT2D eigenvalue weighted by Crippen LogP contribution is -2.40. The molecule has 26 heavy (non-hydrogen) atoms. The fraction of sp³-hybridized carbons (Fsp3) is 0.857. The Kier molecular flexibility index (Phi) is 11.4. The maximum atomic E-state index is 12.5. The number of carbonyl (C=O) groups is 3. The van der Waals surface area contributed by atoms with E-state index < -0.39 is 0 Å². The predicted molar refractivity (Wildman–Crippen MR) is 107 cm³/mol. The summed E-state index contributed by atoms with van der Waals surface area (Å²) >= 11 is 0. The Morgan fingerprint density at radius 2 is 0.769 bits per heavy atom. The van der Waals surface area contributed by atoms with Gasteiger partial charge in [0.05, 0.1) is 12.8 Å². The molecule has 0 aliphatic rings. The SMILES string of the molecule is CC(C)CN(CC(C)C)C(=O)CC(=O)CC(=O)N(CC(C)C)CC(C)C. The van der Waals surface area contributed by atoms with Crippen molar-refractivity contribution < 1.29 is 14.4 Å². The van der Waals surface area contributed by atoms with Crippen LogP contribution in [0.15, 0.2) is 0 Å². The molecular weight excluding hydrogens is 328 g/mol. The van der Waals surface area contributed by atoms with Crippen LogP contribution in [0.2, 0.25) is 0 Å². The molecule has 0 aromatic rings. The van der Waals surface area contributed by atoms with E-state index in [9.17, 15) is 14.4 Å². The predicted octanol–water partition coefficient (Wildman–Crippen LogP) is 3.62. The first-order valence-electron chi connectivity index (χ1n) is 9.99. The van der Waals surface area contributed by atoms with Gasteiger partial charge >= 0.3 is 0 Å². The molecule has 0 N–H and O–H groups in total. The highest BCUT2D eigenvalue weighted by atomic mass is 16.2. The van der Waals surface area contributed by atoms with E-state index in [1.54, 1.807) is 9.80 Å². The van der Waals surface area contributed by atoms with Crippen molar-refractivity contribution in [2.24, 2.45) is 23.7 Å². The van der Waals surface area contributed by atoms with Crippen molar-refractivity contribution in [3.05, 3.63) is 0 Å². The molecule has 0 bridgehead atoms. The topological polar surface area (TPSA) is 57.7 Å². The van der Waals surface area contributed by atoms with Gasteiger partial charge < -0.3 is 9.80 Å². The molecule has 0 atom stereocenters. The fourth-order valence-corrected chi connectivity index (χ4v) is 2.94. The maximum Gasteiger partial charge on any atom is 0.230 e. The van der Waals surface area contributed by atoms with Gasteiger partial charge in [-0.1, -0.05) is 55.4 Å². The summed E-state index contributed by atoms with van der Waals surface area (Å²) in [5.74, 6) is 0.789. The van der Waals surface area contributed by atoms with Gasteiger partial charge in [-0.25, -0.2) is 0 Å². The van der Waals surface area contributed by atoms with E-state index in [0.717, 1.165) is 0 Å². The molecule has 152 valence electrons. The summed E-state index contributed by atoms with van der Waals surface area (Å²) in [7, 11) is 0. The summed E-state index contributed by atoms with van der Waals surface area (Å²) in [6.07, 6.45) is -0.356. The summed E-state index contributed by atoms with van der Waals surface area (Å²) in [5, 5.41) is 0. The molecule has 0 rings (SSSR count). The zero-order valence-electron chi connectivity index (χ0n) is 18.2. The minimum Gasteiger partial charge on any atom is -0.342 e. The number of nitrogens with zero attached hydrogens (tertiary/aromatic N) is 2. The van der Waals surface area contributed by atoms with Crippen LogP contribution in [0.4, 0.5) is 0 Å². The van der Waals surface area contributed by atoms with E-state index in [-0.39, 0.29) is 30.4 Å². The number of Topliss-reactive ketones (excluding diaryl/α,β-unsaturated/α-hetero) is 1. The third-order valence-electron chi connectivity index (χ3n) is 3.74. The van der Waals surface area contributed by atoms with E-state index in [2.05, 4.69) is 55.4 Å². The second-order valence-electron chi connectivity index (χ2n) is 9.07. The number of carbonyl (C=O) groups excluding carboxylic acids is 3. The van der Waals surface area contributed by atoms with Gasteiger partial charge in [0.2, 0.25) is 11.8 Å². The Bertz CT molecular complexity index is 396. The first kappa shape index (κ1) is 24.6. The zero-order chi connectivity index (χ0) is 20.4. The molecule has 0 aliphatic carbocycles. The highest BCUT2D eigenvalue weighted by Gasteiger charge is 2.23. The van der Waals surface area contributed by atoms with E-state index >= 15 is 0 Å². The highest BCUT2D eigenvalue weighted by Crippen LogP contribution is 2.10. The van der Waals surface area contributed by atoms with Crippen LogP contribution in [-0.2, 0) is 14.4 Å². The van der Waals surface area contributed by atoms with Gasteiger partial charge in [0.1, 0.15) is 0 Å². The van der Waals surface area contributed by atoms with Crippen molar-refractivity contribution in [1.82, 2.24) is 9.80 Å². The van der Waals surface area contributed by atoms with Crippen molar-refractivity contribution in [2.75, 3.05) is 26.2 Å². The molecule has 0 unspecified atom stereocenters. The van der Waals surface area contributed by atoms with Crippen LogP contribution < -0.4 is 0 Å². The Balaban J connectivity index is 4.80. The summed E-state index contributed by atoms with van der Waals surface area (Å²) in [6, 6.07) is 0. The molecular formula is C21H40N2O3. The van der Waals surface area contributed by atoms with Crippen molar-refractivity contribution in [3.63, 3.8) is 0 Å². The number of hydrogen-bond acceptors (Lipinski definition) is 3. The lowest BCUT2D eigenvalue weighted by Gasteiger charge is -2.27. The van der Waals surface area contributed by atoms with E-state index in [0.29, 0.717) is 49.9 Å². The second kappa shape index (κ2) is 12.1. The third kappa shape index (κ3) is 11.3. The lowest BCUT2D eigenvalue weighted by molar-refractivity contribution is -0.139. The molecule has 0 radical (unpaired) electrons. The van der Waals surface area contributed by atoms with Crippen LogP contribution in [0.25, 0.3) is 0 Å². The summed E-state index contributed by atoms with van der Waals surface area (Å²) in [5.41, 5.74) is 0. The third-order valence-corrected chi connectivity index (χ3v) is 3.74. The van der Waals surface area contributed by atoms with Crippen LogP contribution in [0.5, 0.6) is 0 Å². The number of rotatable bonds is 12. The number of hydrogen-bond donors (Lipinski definition) is 0. The molecule has 0 aromatic heterocycles. The van der Waals surface area contributed by atoms with Gasteiger partial charge in [-0.15, -0.1) is 0 Å². The normalized spacial score (nSPS) is 11.5. The quantitative estimate of drug-likeness (QED) is 0.494. The van der Waals surface area contributed by atoms with Crippen LogP contribution in [0.3, 0.4) is 0 Å². The van der Waals surface area contributed by atoms with Crippen molar-refractivity contribution in [3.8, 4) is 0 Å². The summed E-state index contributed by atoms with van der Waals surface area (Å²) < 4.78 is 0. The molecule has 2 amide bonds. The fourth-order valence-electron chi connectivity index (χ4n) is 2.94. The van der Waals surface area contributed by atoms with Crippen molar-refractivity contribution in [2.45, 2.75) is 68.2 Å². The molecule has 0 heterocycles. The molecule has 0 saturated carbocycles. The van der Waals surface area contributed by atoms with E-state index in [4.69, 9.17) is 0 Å². The standard InChI is InChI=1S/C21H40N2O3/c1-15(2)11-22(12-16(3)4)20(25)9-19(24)10-21(26)23(13-17(5)6)14-18(7)8/h15-18H,9-14H2,1-8H3. The van der Waals surface area contributed by atoms with E-state index in [1.165, 1.54) is 0 Å². The number of ketones is 1. The summed E-state index contributed by atoms with van der Waals surface area (Å²) in [6.45, 7) is 19.0. The van der Waals surface area contributed by atoms with Crippen LogP contribution >= 0.6 is 0 Å². The monoisotopic (exact) mass is 368 g/mol. The van der Waals surface area contributed by atoms with Crippen LogP contribution in [0, 0.1) is 23.7 Å². The van der Waals surface area contributed by atoms with E-state index in [1.807, 2.05) is 0 Å². The second-order valence-corrected chi connectivity index (χ2v) is 9.07. The van der Waals surface area contributed by atoms with Crippen molar-refractivity contribution in [1.29, 1.82) is 0 Å². The van der Waals surface area contributed by atoms with Gasteiger partial charge in [-0.2, -0.15) is 0 Å². The van der Waals surface area contributed by atoms with Gasteiger partial charge in [0.25, 0.3) is 0 Å². The lowest BCUT2D eigenvalue weighted by atomic mass is 10.1. The first-order valence-corrected chi connectivity index (χ1v) is 9.99. The number of amides is 2. The largest absolute Gasteiger partial charge is 0.342 e. The molecule has 5 nitrogen and oxygen atoms in total. The maximum absolute atomic E-state index is 12.5. The van der Waals surface area contributed by atoms with Gasteiger partial charge in [0.15, 0.2) is 5.78 Å². The molecule has 0 spiro atoms. The average Bonchev–Trinajstić information content (AvgIpc) is 2.43. The Labute approximate surface area is 160 Å². The molecule has 0 saturated heterocycles. The van der Waals surface area contributed by atoms with Gasteiger partial charge in [-0.05, 0) is 23.7 Å². The smallest absolute Gasteiger partial charge is 0.230 e. The zero-order valence-corrected chi connectivity index (χ0v) is 18.2. The molecule has 0 fully saturated rings. The molecule has 0 aromatic carbocycles. The van der Waals surface area contributed by atoms with Gasteiger partial charge in [-0.3, -0.25) is 14.4 Å². The highest BCUT2D eigenvalue weighted by molar-refractivity contribution is 6.06. The first-order chi connectivity index (χ1) is 11.9. The molecule has 0 aliphatic heterocycles.